The number of urea groups is 1. The molecule has 1 saturated heterocycles. The first kappa shape index (κ1) is 15.8. The van der Waals surface area contributed by atoms with Gasteiger partial charge in [-0.3, -0.25) is 4.79 Å². The van der Waals surface area contributed by atoms with E-state index in [1.165, 1.54) is 4.88 Å². The van der Waals surface area contributed by atoms with E-state index in [9.17, 15) is 9.59 Å². The van der Waals surface area contributed by atoms with Crippen LogP contribution in [0, 0.1) is 5.92 Å². The van der Waals surface area contributed by atoms with Crippen molar-refractivity contribution in [3.8, 4) is 0 Å². The van der Waals surface area contributed by atoms with Gasteiger partial charge in [-0.25, -0.2) is 4.79 Å². The van der Waals surface area contributed by atoms with Crippen molar-refractivity contribution in [2.24, 2.45) is 5.92 Å². The number of hydrogen-bond donors (Lipinski definition) is 1. The van der Waals surface area contributed by atoms with Crippen LogP contribution in [0.3, 0.4) is 0 Å². The number of carbonyl (C=O) groups is 2. The van der Waals surface area contributed by atoms with Crippen LogP contribution in [-0.2, 0) is 11.2 Å². The van der Waals surface area contributed by atoms with E-state index in [-0.39, 0.29) is 12.1 Å². The van der Waals surface area contributed by atoms with Gasteiger partial charge in [0.2, 0.25) is 0 Å². The van der Waals surface area contributed by atoms with Gasteiger partial charge in [0.05, 0.1) is 5.92 Å². The zero-order valence-corrected chi connectivity index (χ0v) is 13.3. The highest BCUT2D eigenvalue weighted by Crippen LogP contribution is 2.19. The molecule has 116 valence electrons. The Morgan fingerprint density at radius 2 is 2.33 bits per heavy atom. The van der Waals surface area contributed by atoms with E-state index in [4.69, 9.17) is 5.11 Å². The van der Waals surface area contributed by atoms with Crippen LogP contribution in [0.4, 0.5) is 4.79 Å². The molecule has 0 aliphatic carbocycles. The first-order valence-corrected chi connectivity index (χ1v) is 8.14. The van der Waals surface area contributed by atoms with Crippen LogP contribution in [0.15, 0.2) is 17.5 Å². The molecule has 1 aliphatic rings. The molecule has 0 saturated carbocycles. The molecule has 1 unspecified atom stereocenters. The quantitative estimate of drug-likeness (QED) is 0.929. The van der Waals surface area contributed by atoms with Crippen LogP contribution in [0.5, 0.6) is 0 Å². The summed E-state index contributed by atoms with van der Waals surface area (Å²) in [5, 5.41) is 11.1. The number of hydrogen-bond acceptors (Lipinski definition) is 3. The third kappa shape index (κ3) is 3.97. The normalized spacial score (nSPS) is 20.1. The number of rotatable bonds is 4. The molecule has 5 nitrogen and oxygen atoms in total. The Balaban J connectivity index is 1.93. The van der Waals surface area contributed by atoms with Crippen LogP contribution in [0.2, 0.25) is 0 Å². The number of piperidine rings is 1. The first-order valence-electron chi connectivity index (χ1n) is 7.26. The van der Waals surface area contributed by atoms with E-state index in [1.807, 2.05) is 18.4 Å². The second-order valence-electron chi connectivity index (χ2n) is 5.65. The van der Waals surface area contributed by atoms with Crippen molar-refractivity contribution in [2.45, 2.75) is 32.2 Å². The monoisotopic (exact) mass is 310 g/mol. The van der Waals surface area contributed by atoms with Gasteiger partial charge >= 0.3 is 12.0 Å². The maximum Gasteiger partial charge on any atom is 0.320 e. The number of nitrogens with zero attached hydrogens (tertiary/aromatic N) is 2. The average molecular weight is 310 g/mol. The number of carbonyl (C=O) groups excluding carboxylic acids is 1. The SMILES string of the molecule is CC(Cc1cccs1)N(C)C(=O)N1CCC[C@@H](C(=O)O)C1. The van der Waals surface area contributed by atoms with Crippen LogP contribution in [0.25, 0.3) is 0 Å². The Hall–Kier alpha value is -1.56. The van der Waals surface area contributed by atoms with Gasteiger partial charge in [0.15, 0.2) is 0 Å². The average Bonchev–Trinajstić information content (AvgIpc) is 2.98. The minimum absolute atomic E-state index is 0.0648. The third-order valence-electron chi connectivity index (χ3n) is 4.08. The molecule has 1 aromatic heterocycles. The minimum atomic E-state index is -0.804. The standard InChI is InChI=1S/C15H22N2O3S/c1-11(9-13-6-4-8-21-13)16(2)15(20)17-7-3-5-12(10-17)14(18)19/h4,6,8,11-12H,3,5,7,9-10H2,1-2H3,(H,18,19)/t11?,12-/m1/s1. The van der Waals surface area contributed by atoms with Crippen molar-refractivity contribution in [1.82, 2.24) is 9.80 Å². The highest BCUT2D eigenvalue weighted by Gasteiger charge is 2.30. The zero-order valence-electron chi connectivity index (χ0n) is 12.5. The second-order valence-corrected chi connectivity index (χ2v) is 6.68. The molecular formula is C15H22N2O3S. The summed E-state index contributed by atoms with van der Waals surface area (Å²) in [7, 11) is 1.80. The maximum atomic E-state index is 12.5. The molecule has 6 heteroatoms. The van der Waals surface area contributed by atoms with E-state index in [1.54, 1.807) is 28.2 Å². The van der Waals surface area contributed by atoms with E-state index in [0.717, 1.165) is 12.8 Å². The Morgan fingerprint density at radius 1 is 1.57 bits per heavy atom. The van der Waals surface area contributed by atoms with Gasteiger partial charge in [-0.05, 0) is 31.2 Å². The van der Waals surface area contributed by atoms with Crippen molar-refractivity contribution in [1.29, 1.82) is 0 Å². The third-order valence-corrected chi connectivity index (χ3v) is 4.98. The number of likely N-dealkylation sites (tertiary alicyclic amines) is 1. The van der Waals surface area contributed by atoms with Gasteiger partial charge in [0.1, 0.15) is 0 Å². The largest absolute Gasteiger partial charge is 0.481 e. The summed E-state index contributed by atoms with van der Waals surface area (Å²) in [6, 6.07) is 4.11. The Kier molecular flexibility index (Phi) is 5.22. The number of amides is 2. The molecule has 2 heterocycles. The highest BCUT2D eigenvalue weighted by atomic mass is 32.1. The van der Waals surface area contributed by atoms with Gasteiger partial charge in [-0.15, -0.1) is 11.3 Å². The van der Waals surface area contributed by atoms with Gasteiger partial charge in [-0.1, -0.05) is 6.07 Å². The molecule has 0 bridgehead atoms. The second kappa shape index (κ2) is 6.93. The predicted molar refractivity (Wildman–Crippen MR) is 82.6 cm³/mol. The van der Waals surface area contributed by atoms with Crippen molar-refractivity contribution in [3.05, 3.63) is 22.4 Å². The lowest BCUT2D eigenvalue weighted by molar-refractivity contribution is -0.143. The number of thiophene rings is 1. The molecule has 0 spiro atoms. The lowest BCUT2D eigenvalue weighted by Crippen LogP contribution is -2.50. The summed E-state index contributed by atoms with van der Waals surface area (Å²) in [5.41, 5.74) is 0. The Bertz CT molecular complexity index is 489. The maximum absolute atomic E-state index is 12.5. The molecular weight excluding hydrogens is 288 g/mol. The minimum Gasteiger partial charge on any atom is -0.481 e. The summed E-state index contributed by atoms with van der Waals surface area (Å²) in [4.78, 5) is 28.2. The molecule has 0 aromatic carbocycles. The molecule has 21 heavy (non-hydrogen) atoms. The van der Waals surface area contributed by atoms with Crippen LogP contribution in [-0.4, -0.2) is 53.1 Å². The van der Waals surface area contributed by atoms with Crippen LogP contribution >= 0.6 is 11.3 Å². The molecule has 1 aromatic rings. The fraction of sp³-hybridized carbons (Fsp3) is 0.600. The molecule has 2 atom stereocenters. The lowest BCUT2D eigenvalue weighted by Gasteiger charge is -2.36. The number of carboxylic acid groups (broad SMARTS) is 1. The molecule has 1 N–H and O–H groups in total. The van der Waals surface area contributed by atoms with Crippen molar-refractivity contribution < 1.29 is 14.7 Å². The highest BCUT2D eigenvalue weighted by molar-refractivity contribution is 7.09. The van der Waals surface area contributed by atoms with Crippen molar-refractivity contribution >= 4 is 23.3 Å². The van der Waals surface area contributed by atoms with E-state index < -0.39 is 11.9 Å². The van der Waals surface area contributed by atoms with Crippen LogP contribution < -0.4 is 0 Å². The topological polar surface area (TPSA) is 60.9 Å². The van der Waals surface area contributed by atoms with Gasteiger partial charge in [0.25, 0.3) is 0 Å². The number of aliphatic carboxylic acids is 1. The summed E-state index contributed by atoms with van der Waals surface area (Å²) in [6.45, 7) is 3.00. The van der Waals surface area contributed by atoms with E-state index in [2.05, 4.69) is 6.07 Å². The van der Waals surface area contributed by atoms with E-state index >= 15 is 0 Å². The molecule has 1 fully saturated rings. The van der Waals surface area contributed by atoms with Crippen LogP contribution in [0.1, 0.15) is 24.6 Å². The van der Waals surface area contributed by atoms with Gasteiger partial charge < -0.3 is 14.9 Å². The molecule has 1 aliphatic heterocycles. The fourth-order valence-electron chi connectivity index (χ4n) is 2.62. The Morgan fingerprint density at radius 3 is 2.95 bits per heavy atom. The number of likely N-dealkylation sites (N-methyl/N-ethyl adjacent to an activating group) is 1. The summed E-state index contributed by atoms with van der Waals surface area (Å²) in [5.74, 6) is -1.23. The predicted octanol–water partition coefficient (Wildman–Crippen LogP) is 2.53. The van der Waals surface area contributed by atoms with Crippen molar-refractivity contribution in [3.63, 3.8) is 0 Å². The number of carboxylic acids is 1. The summed E-state index contributed by atoms with van der Waals surface area (Å²) >= 11 is 1.69. The summed E-state index contributed by atoms with van der Waals surface area (Å²) in [6.07, 6.45) is 2.25. The van der Waals surface area contributed by atoms with E-state index in [0.29, 0.717) is 19.5 Å². The zero-order chi connectivity index (χ0) is 15.4. The molecule has 2 amide bonds. The van der Waals surface area contributed by atoms with Crippen molar-refractivity contribution in [2.75, 3.05) is 20.1 Å². The smallest absolute Gasteiger partial charge is 0.320 e. The lowest BCUT2D eigenvalue weighted by atomic mass is 9.98. The molecule has 0 radical (unpaired) electrons. The van der Waals surface area contributed by atoms with Gasteiger partial charge in [0, 0.05) is 37.5 Å². The molecule has 2 rings (SSSR count). The Labute approximate surface area is 129 Å². The summed E-state index contributed by atoms with van der Waals surface area (Å²) < 4.78 is 0. The van der Waals surface area contributed by atoms with Gasteiger partial charge in [-0.2, -0.15) is 0 Å². The fourth-order valence-corrected chi connectivity index (χ4v) is 3.45. The first-order chi connectivity index (χ1) is 9.99.